The summed E-state index contributed by atoms with van der Waals surface area (Å²) in [6, 6.07) is 7.91. The van der Waals surface area contributed by atoms with E-state index in [1.165, 1.54) is 12.8 Å². The van der Waals surface area contributed by atoms with E-state index in [9.17, 15) is 5.11 Å². The second-order valence-corrected chi connectivity index (χ2v) is 6.40. The van der Waals surface area contributed by atoms with Crippen molar-refractivity contribution in [1.82, 2.24) is 4.90 Å². The van der Waals surface area contributed by atoms with Crippen molar-refractivity contribution in [3.8, 4) is 0 Å². The van der Waals surface area contributed by atoms with E-state index in [0.717, 1.165) is 36.1 Å². The lowest BCUT2D eigenvalue weighted by atomic mass is 10.1. The number of rotatable bonds is 4. The first kappa shape index (κ1) is 13.6. The zero-order valence-electron chi connectivity index (χ0n) is 11.0. The molecule has 19 heavy (non-hydrogen) atoms. The van der Waals surface area contributed by atoms with Crippen LogP contribution in [0.5, 0.6) is 0 Å². The minimum atomic E-state index is -0.393. The molecule has 0 saturated carbocycles. The van der Waals surface area contributed by atoms with Crippen LogP contribution in [0.15, 0.2) is 28.7 Å². The number of hydrogen-bond donors (Lipinski definition) is 1. The van der Waals surface area contributed by atoms with Crippen LogP contribution in [0.3, 0.4) is 0 Å². The molecule has 4 heteroatoms. The molecule has 2 aliphatic rings. The lowest BCUT2D eigenvalue weighted by molar-refractivity contribution is -0.0414. The molecule has 3 unspecified atom stereocenters. The summed E-state index contributed by atoms with van der Waals surface area (Å²) in [6.45, 7) is 3.00. The summed E-state index contributed by atoms with van der Waals surface area (Å²) >= 11 is 3.50. The summed E-state index contributed by atoms with van der Waals surface area (Å²) in [4.78, 5) is 2.44. The Morgan fingerprint density at radius 3 is 2.63 bits per heavy atom. The van der Waals surface area contributed by atoms with Gasteiger partial charge in [-0.25, -0.2) is 0 Å². The lowest BCUT2D eigenvalue weighted by Crippen LogP contribution is -2.43. The zero-order valence-corrected chi connectivity index (χ0v) is 12.6. The van der Waals surface area contributed by atoms with Gasteiger partial charge in [-0.15, -0.1) is 0 Å². The Morgan fingerprint density at radius 1 is 1.26 bits per heavy atom. The summed E-state index contributed by atoms with van der Waals surface area (Å²) in [6.07, 6.45) is 3.65. The molecule has 2 bridgehead atoms. The maximum Gasteiger partial charge on any atom is 0.0813 e. The summed E-state index contributed by atoms with van der Waals surface area (Å²) < 4.78 is 6.82. The fourth-order valence-electron chi connectivity index (χ4n) is 3.09. The first-order chi connectivity index (χ1) is 9.22. The van der Waals surface area contributed by atoms with Crippen molar-refractivity contribution in [2.75, 3.05) is 19.6 Å². The molecule has 2 saturated heterocycles. The summed E-state index contributed by atoms with van der Waals surface area (Å²) in [5.41, 5.74) is 0.985. The van der Waals surface area contributed by atoms with E-state index in [1.807, 2.05) is 24.3 Å². The van der Waals surface area contributed by atoms with Crippen LogP contribution in [0.25, 0.3) is 0 Å². The average molecular weight is 326 g/mol. The largest absolute Gasteiger partial charge is 0.388 e. The molecule has 1 aromatic carbocycles. The Kier molecular flexibility index (Phi) is 4.22. The van der Waals surface area contributed by atoms with Crippen LogP contribution in [-0.4, -0.2) is 41.8 Å². The number of morpholine rings is 1. The van der Waals surface area contributed by atoms with Crippen molar-refractivity contribution >= 4 is 15.9 Å². The number of nitrogens with zero attached hydrogens (tertiary/aromatic N) is 1. The predicted octanol–water partition coefficient (Wildman–Crippen LogP) is 2.74. The molecule has 3 atom stereocenters. The molecular weight excluding hydrogens is 306 g/mol. The molecule has 3 rings (SSSR count). The number of hydrogen-bond acceptors (Lipinski definition) is 3. The van der Waals surface area contributed by atoms with Crippen molar-refractivity contribution in [3.63, 3.8) is 0 Å². The molecule has 2 fully saturated rings. The Labute approximate surface area is 122 Å². The van der Waals surface area contributed by atoms with Crippen LogP contribution in [0.4, 0.5) is 0 Å². The van der Waals surface area contributed by atoms with Gasteiger partial charge in [0.1, 0.15) is 0 Å². The number of ether oxygens (including phenoxy) is 1. The van der Waals surface area contributed by atoms with Crippen LogP contribution < -0.4 is 0 Å². The molecule has 2 aliphatic heterocycles. The molecule has 0 aliphatic carbocycles. The maximum atomic E-state index is 10.3. The van der Waals surface area contributed by atoms with Crippen LogP contribution in [-0.2, 0) is 4.74 Å². The highest BCUT2D eigenvalue weighted by molar-refractivity contribution is 9.10. The smallest absolute Gasteiger partial charge is 0.0813 e. The Morgan fingerprint density at radius 2 is 1.95 bits per heavy atom. The molecule has 0 amide bonds. The number of likely N-dealkylation sites (tertiary alicyclic amines) is 1. The molecule has 104 valence electrons. The summed E-state index contributed by atoms with van der Waals surface area (Å²) in [5.74, 6) is 0. The SMILES string of the molecule is OC(CCN1CC2CCC(C1)O2)c1ccccc1Br. The Balaban J connectivity index is 1.53. The van der Waals surface area contributed by atoms with Crippen molar-refractivity contribution in [2.45, 2.75) is 37.6 Å². The van der Waals surface area contributed by atoms with Gasteiger partial charge in [-0.1, -0.05) is 34.1 Å². The van der Waals surface area contributed by atoms with E-state index >= 15 is 0 Å². The Hall–Kier alpha value is -0.420. The number of aliphatic hydroxyl groups excluding tert-OH is 1. The third-order valence-electron chi connectivity index (χ3n) is 4.10. The van der Waals surface area contributed by atoms with Gasteiger partial charge in [-0.05, 0) is 30.9 Å². The average Bonchev–Trinajstić information content (AvgIpc) is 2.76. The van der Waals surface area contributed by atoms with E-state index < -0.39 is 6.10 Å². The first-order valence-electron chi connectivity index (χ1n) is 7.02. The van der Waals surface area contributed by atoms with Crippen LogP contribution in [0, 0.1) is 0 Å². The highest BCUT2D eigenvalue weighted by Gasteiger charge is 2.33. The van der Waals surface area contributed by atoms with Crippen LogP contribution >= 0.6 is 15.9 Å². The highest BCUT2D eigenvalue weighted by atomic mass is 79.9. The normalized spacial score (nSPS) is 28.5. The highest BCUT2D eigenvalue weighted by Crippen LogP contribution is 2.28. The van der Waals surface area contributed by atoms with E-state index in [1.54, 1.807) is 0 Å². The molecule has 0 spiro atoms. The molecule has 0 radical (unpaired) electrons. The number of aliphatic hydroxyl groups is 1. The van der Waals surface area contributed by atoms with Gasteiger partial charge in [0.15, 0.2) is 0 Å². The van der Waals surface area contributed by atoms with Gasteiger partial charge in [0.2, 0.25) is 0 Å². The fourth-order valence-corrected chi connectivity index (χ4v) is 3.64. The van der Waals surface area contributed by atoms with Gasteiger partial charge in [0.25, 0.3) is 0 Å². The second kappa shape index (κ2) is 5.92. The number of benzene rings is 1. The van der Waals surface area contributed by atoms with Gasteiger partial charge in [0, 0.05) is 24.1 Å². The van der Waals surface area contributed by atoms with E-state index in [2.05, 4.69) is 20.8 Å². The van der Waals surface area contributed by atoms with E-state index in [0.29, 0.717) is 12.2 Å². The molecule has 0 aromatic heterocycles. The standard InChI is InChI=1S/C15H20BrNO2/c16-14-4-2-1-3-13(14)15(18)7-8-17-9-11-5-6-12(10-17)19-11/h1-4,11-12,15,18H,5-10H2. The monoisotopic (exact) mass is 325 g/mol. The third kappa shape index (κ3) is 3.19. The van der Waals surface area contributed by atoms with Gasteiger partial charge in [0.05, 0.1) is 18.3 Å². The van der Waals surface area contributed by atoms with Crippen molar-refractivity contribution in [2.24, 2.45) is 0 Å². The van der Waals surface area contributed by atoms with Gasteiger partial charge >= 0.3 is 0 Å². The topological polar surface area (TPSA) is 32.7 Å². The van der Waals surface area contributed by atoms with Crippen molar-refractivity contribution in [1.29, 1.82) is 0 Å². The van der Waals surface area contributed by atoms with E-state index in [4.69, 9.17) is 4.74 Å². The third-order valence-corrected chi connectivity index (χ3v) is 4.82. The Bertz CT molecular complexity index is 428. The molecular formula is C15H20BrNO2. The lowest BCUT2D eigenvalue weighted by Gasteiger charge is -2.32. The van der Waals surface area contributed by atoms with E-state index in [-0.39, 0.29) is 0 Å². The van der Waals surface area contributed by atoms with Gasteiger partial charge in [-0.3, -0.25) is 4.90 Å². The fraction of sp³-hybridized carbons (Fsp3) is 0.600. The zero-order chi connectivity index (χ0) is 13.2. The summed E-state index contributed by atoms with van der Waals surface area (Å²) in [7, 11) is 0. The minimum absolute atomic E-state index is 0.393. The van der Waals surface area contributed by atoms with Gasteiger partial charge in [-0.2, -0.15) is 0 Å². The molecule has 2 heterocycles. The quantitative estimate of drug-likeness (QED) is 0.923. The number of halogens is 1. The van der Waals surface area contributed by atoms with Crippen LogP contribution in [0.1, 0.15) is 30.9 Å². The molecule has 1 N–H and O–H groups in total. The van der Waals surface area contributed by atoms with Crippen LogP contribution in [0.2, 0.25) is 0 Å². The van der Waals surface area contributed by atoms with Crippen molar-refractivity contribution < 1.29 is 9.84 Å². The van der Waals surface area contributed by atoms with Crippen molar-refractivity contribution in [3.05, 3.63) is 34.3 Å². The minimum Gasteiger partial charge on any atom is -0.388 e. The number of fused-ring (bicyclic) bond motifs is 2. The molecule has 3 nitrogen and oxygen atoms in total. The maximum absolute atomic E-state index is 10.3. The first-order valence-corrected chi connectivity index (χ1v) is 7.82. The predicted molar refractivity (Wildman–Crippen MR) is 78.1 cm³/mol. The van der Waals surface area contributed by atoms with Gasteiger partial charge < -0.3 is 9.84 Å². The second-order valence-electron chi connectivity index (χ2n) is 5.54. The summed E-state index contributed by atoms with van der Waals surface area (Å²) in [5, 5.41) is 10.3. The molecule has 1 aromatic rings.